The predicted molar refractivity (Wildman–Crippen MR) is 37.9 cm³/mol. The van der Waals surface area contributed by atoms with Crippen molar-refractivity contribution in [2.24, 2.45) is 5.92 Å². The number of hydrogen-bond donors (Lipinski definition) is 0. The van der Waals surface area contributed by atoms with Gasteiger partial charge in [-0.1, -0.05) is 6.92 Å². The minimum Gasteiger partial charge on any atom is -0.375 e. The lowest BCUT2D eigenvalue weighted by atomic mass is 9.98. The number of ether oxygens (including phenoxy) is 2. The van der Waals surface area contributed by atoms with Crippen LogP contribution in [0.4, 0.5) is 0 Å². The topological polar surface area (TPSA) is 18.5 Å². The molecule has 58 valence electrons. The van der Waals surface area contributed by atoms with Gasteiger partial charge in [-0.15, -0.1) is 0 Å². The van der Waals surface area contributed by atoms with E-state index >= 15 is 0 Å². The molecule has 0 aromatic heterocycles. The minimum atomic E-state index is 0.420. The summed E-state index contributed by atoms with van der Waals surface area (Å²) in [7, 11) is 0. The van der Waals surface area contributed by atoms with E-state index in [2.05, 4.69) is 6.92 Å². The van der Waals surface area contributed by atoms with Crippen LogP contribution in [0.15, 0.2) is 0 Å². The van der Waals surface area contributed by atoms with Gasteiger partial charge in [-0.2, -0.15) is 0 Å². The molecule has 0 bridgehead atoms. The van der Waals surface area contributed by atoms with Gasteiger partial charge in [-0.25, -0.2) is 0 Å². The Balaban J connectivity index is 1.96. The molecule has 0 aromatic rings. The zero-order valence-corrected chi connectivity index (χ0v) is 6.38. The molecule has 0 N–H and O–H groups in total. The maximum absolute atomic E-state index is 5.59. The molecule has 2 fully saturated rings. The summed E-state index contributed by atoms with van der Waals surface area (Å²) in [4.78, 5) is 0. The van der Waals surface area contributed by atoms with Gasteiger partial charge in [0.25, 0.3) is 0 Å². The zero-order chi connectivity index (χ0) is 6.97. The summed E-state index contributed by atoms with van der Waals surface area (Å²) in [5, 5.41) is 0. The van der Waals surface area contributed by atoms with E-state index in [0.29, 0.717) is 18.1 Å². The molecule has 0 aliphatic carbocycles. The van der Waals surface area contributed by atoms with Crippen LogP contribution in [0.3, 0.4) is 0 Å². The number of rotatable bonds is 0. The second-order valence-corrected chi connectivity index (χ2v) is 3.41. The fourth-order valence-corrected chi connectivity index (χ4v) is 1.79. The van der Waals surface area contributed by atoms with Crippen molar-refractivity contribution >= 4 is 0 Å². The smallest absolute Gasteiger partial charge is 0.0858 e. The van der Waals surface area contributed by atoms with Crippen molar-refractivity contribution in [3.05, 3.63) is 0 Å². The average molecular weight is 142 g/mol. The van der Waals surface area contributed by atoms with E-state index in [1.165, 1.54) is 6.42 Å². The monoisotopic (exact) mass is 142 g/mol. The maximum Gasteiger partial charge on any atom is 0.0858 e. The molecule has 0 spiro atoms. The first-order chi connectivity index (χ1) is 4.86. The molecule has 2 aliphatic heterocycles. The highest BCUT2D eigenvalue weighted by Gasteiger charge is 2.34. The third kappa shape index (κ3) is 1.06. The highest BCUT2D eigenvalue weighted by molar-refractivity contribution is 4.82. The molecule has 0 aromatic carbocycles. The normalized spacial score (nSPS) is 47.1. The molecule has 2 rings (SSSR count). The van der Waals surface area contributed by atoms with Gasteiger partial charge >= 0.3 is 0 Å². The molecule has 0 radical (unpaired) electrons. The van der Waals surface area contributed by atoms with Crippen molar-refractivity contribution in [1.29, 1.82) is 0 Å². The van der Waals surface area contributed by atoms with Crippen LogP contribution >= 0.6 is 0 Å². The lowest BCUT2D eigenvalue weighted by molar-refractivity contribution is -0.0696. The fraction of sp³-hybridized carbons (Fsp3) is 1.00. The Morgan fingerprint density at radius 1 is 1.20 bits per heavy atom. The number of hydrogen-bond acceptors (Lipinski definition) is 2. The first kappa shape index (κ1) is 6.62. The largest absolute Gasteiger partial charge is 0.375 e. The summed E-state index contributed by atoms with van der Waals surface area (Å²) in [6.07, 6.45) is 3.15. The first-order valence-corrected chi connectivity index (χ1v) is 4.09. The molecule has 0 amide bonds. The van der Waals surface area contributed by atoms with Crippen molar-refractivity contribution < 1.29 is 9.47 Å². The second kappa shape index (κ2) is 2.51. The second-order valence-electron chi connectivity index (χ2n) is 3.41. The summed E-state index contributed by atoms with van der Waals surface area (Å²) >= 11 is 0. The molecule has 3 atom stereocenters. The molecule has 2 nitrogen and oxygen atoms in total. The zero-order valence-electron chi connectivity index (χ0n) is 6.38. The summed E-state index contributed by atoms with van der Waals surface area (Å²) in [6, 6.07) is 0. The van der Waals surface area contributed by atoms with Crippen LogP contribution in [0.2, 0.25) is 0 Å². The van der Waals surface area contributed by atoms with Crippen molar-refractivity contribution in [3.8, 4) is 0 Å². The minimum absolute atomic E-state index is 0.420. The molecular weight excluding hydrogens is 128 g/mol. The summed E-state index contributed by atoms with van der Waals surface area (Å²) in [5.74, 6) is 0.694. The molecule has 2 heterocycles. The quantitative estimate of drug-likeness (QED) is 0.506. The summed E-state index contributed by atoms with van der Waals surface area (Å²) < 4.78 is 11.1. The van der Waals surface area contributed by atoms with Gasteiger partial charge in [0.15, 0.2) is 0 Å². The van der Waals surface area contributed by atoms with Crippen LogP contribution in [0.5, 0.6) is 0 Å². The van der Waals surface area contributed by atoms with Gasteiger partial charge in [0.1, 0.15) is 0 Å². The highest BCUT2D eigenvalue weighted by atomic mass is 16.6. The van der Waals surface area contributed by atoms with Crippen LogP contribution < -0.4 is 0 Å². The first-order valence-electron chi connectivity index (χ1n) is 4.09. The van der Waals surface area contributed by atoms with Gasteiger partial charge in [0.2, 0.25) is 0 Å². The van der Waals surface area contributed by atoms with E-state index in [9.17, 15) is 0 Å². The Hall–Kier alpha value is -0.0800. The molecule has 2 heteroatoms. The van der Waals surface area contributed by atoms with Gasteiger partial charge in [0.05, 0.1) is 12.2 Å². The van der Waals surface area contributed by atoms with Crippen LogP contribution in [0, 0.1) is 5.92 Å². The van der Waals surface area contributed by atoms with E-state index < -0.39 is 0 Å². The molecule has 0 saturated carbocycles. The van der Waals surface area contributed by atoms with Crippen LogP contribution in [-0.2, 0) is 9.47 Å². The average Bonchev–Trinajstić information content (AvgIpc) is 2.33. The summed E-state index contributed by atoms with van der Waals surface area (Å²) in [6.45, 7) is 4.06. The lowest BCUT2D eigenvalue weighted by Crippen LogP contribution is -2.34. The van der Waals surface area contributed by atoms with Crippen molar-refractivity contribution in [1.82, 2.24) is 0 Å². The Bertz CT molecular complexity index is 124. The Kier molecular flexibility index (Phi) is 1.66. The third-order valence-electron chi connectivity index (χ3n) is 2.38. The van der Waals surface area contributed by atoms with Crippen LogP contribution in [0.1, 0.15) is 19.8 Å². The molecular formula is C8H14O2. The summed E-state index contributed by atoms with van der Waals surface area (Å²) in [5.41, 5.74) is 0. The van der Waals surface area contributed by atoms with Crippen LogP contribution in [0.25, 0.3) is 0 Å². The van der Waals surface area contributed by atoms with Crippen LogP contribution in [-0.4, -0.2) is 25.4 Å². The van der Waals surface area contributed by atoms with E-state index in [4.69, 9.17) is 9.47 Å². The molecule has 2 aliphatic rings. The van der Waals surface area contributed by atoms with Crippen molar-refractivity contribution in [3.63, 3.8) is 0 Å². The lowest BCUT2D eigenvalue weighted by Gasteiger charge is -2.28. The van der Waals surface area contributed by atoms with Gasteiger partial charge in [-0.3, -0.25) is 0 Å². The van der Waals surface area contributed by atoms with E-state index in [1.807, 2.05) is 0 Å². The standard InChI is InChI=1S/C8H14O2/c1-6-4-8-7(10-5-6)2-3-9-8/h6-8H,2-5H2,1H3. The Morgan fingerprint density at radius 3 is 3.00 bits per heavy atom. The van der Waals surface area contributed by atoms with Gasteiger partial charge < -0.3 is 9.47 Å². The van der Waals surface area contributed by atoms with E-state index in [-0.39, 0.29) is 0 Å². The molecule has 3 unspecified atom stereocenters. The van der Waals surface area contributed by atoms with Gasteiger partial charge in [0, 0.05) is 13.2 Å². The van der Waals surface area contributed by atoms with Crippen molar-refractivity contribution in [2.45, 2.75) is 32.0 Å². The Morgan fingerprint density at radius 2 is 2.10 bits per heavy atom. The fourth-order valence-electron chi connectivity index (χ4n) is 1.79. The Labute approximate surface area is 61.5 Å². The maximum atomic E-state index is 5.59. The molecule has 2 saturated heterocycles. The van der Waals surface area contributed by atoms with E-state index in [0.717, 1.165) is 19.6 Å². The van der Waals surface area contributed by atoms with Gasteiger partial charge in [-0.05, 0) is 18.8 Å². The van der Waals surface area contributed by atoms with Crippen molar-refractivity contribution in [2.75, 3.05) is 13.2 Å². The highest BCUT2D eigenvalue weighted by Crippen LogP contribution is 2.28. The number of fused-ring (bicyclic) bond motifs is 1. The SMILES string of the molecule is CC1COC2CCOC2C1. The van der Waals surface area contributed by atoms with E-state index in [1.54, 1.807) is 0 Å². The molecule has 10 heavy (non-hydrogen) atoms. The predicted octanol–water partition coefficient (Wildman–Crippen LogP) is 1.20. The third-order valence-corrected chi connectivity index (χ3v) is 2.38.